The first kappa shape index (κ1) is 24.0. The SMILES string of the molecule is CNS(=O)(=O)N1CC(OC(=O)Nc2cc3cc(-c4cnc5c(c4C)NCCO5)c(F)c(N)c3cn2)C1. The number of carbonyl (C=O) groups excluding carboxylic acids is 1. The number of hydrogen-bond donors (Lipinski definition) is 4. The van der Waals surface area contributed by atoms with Gasteiger partial charge in [-0.15, -0.1) is 0 Å². The van der Waals surface area contributed by atoms with Crippen LogP contribution < -0.4 is 25.8 Å². The third-order valence-corrected chi connectivity index (χ3v) is 7.65. The Kier molecular flexibility index (Phi) is 6.02. The first-order valence-corrected chi connectivity index (χ1v) is 12.5. The molecular weight excluding hydrogens is 493 g/mol. The molecule has 0 bridgehead atoms. The van der Waals surface area contributed by atoms with E-state index in [1.807, 2.05) is 6.92 Å². The number of benzene rings is 1. The van der Waals surface area contributed by atoms with Gasteiger partial charge in [-0.25, -0.2) is 23.9 Å². The van der Waals surface area contributed by atoms with E-state index < -0.39 is 28.2 Å². The molecule has 3 aromatic rings. The molecule has 1 saturated heterocycles. The van der Waals surface area contributed by atoms with Crippen molar-refractivity contribution in [1.82, 2.24) is 19.0 Å². The fourth-order valence-corrected chi connectivity index (χ4v) is 5.12. The van der Waals surface area contributed by atoms with Crippen molar-refractivity contribution in [2.75, 3.05) is 49.7 Å². The number of pyridine rings is 2. The Labute approximate surface area is 206 Å². The van der Waals surface area contributed by atoms with Crippen LogP contribution in [-0.2, 0) is 14.9 Å². The van der Waals surface area contributed by atoms with Crippen LogP contribution in [-0.4, -0.2) is 68.2 Å². The maximum Gasteiger partial charge on any atom is 0.413 e. The summed E-state index contributed by atoms with van der Waals surface area (Å²) in [4.78, 5) is 20.7. The number of hydrogen-bond acceptors (Lipinski definition) is 9. The first-order chi connectivity index (χ1) is 17.2. The Hall–Kier alpha value is -3.75. The highest BCUT2D eigenvalue weighted by Gasteiger charge is 2.37. The van der Waals surface area contributed by atoms with Gasteiger partial charge >= 0.3 is 6.09 Å². The van der Waals surface area contributed by atoms with Crippen LogP contribution in [0.2, 0.25) is 0 Å². The van der Waals surface area contributed by atoms with Crippen LogP contribution in [0.4, 0.5) is 26.4 Å². The number of amides is 1. The highest BCUT2D eigenvalue weighted by Crippen LogP contribution is 2.39. The predicted molar refractivity (Wildman–Crippen MR) is 132 cm³/mol. The highest BCUT2D eigenvalue weighted by molar-refractivity contribution is 7.87. The van der Waals surface area contributed by atoms with Crippen LogP contribution in [0, 0.1) is 12.7 Å². The molecule has 2 aliphatic heterocycles. The summed E-state index contributed by atoms with van der Waals surface area (Å²) in [5.74, 6) is 0.0277. The van der Waals surface area contributed by atoms with Gasteiger partial charge in [0.1, 0.15) is 24.2 Å². The van der Waals surface area contributed by atoms with Crippen molar-refractivity contribution < 1.29 is 27.1 Å². The van der Waals surface area contributed by atoms with E-state index in [9.17, 15) is 13.2 Å². The number of nitrogens with zero attached hydrogens (tertiary/aromatic N) is 3. The van der Waals surface area contributed by atoms with E-state index in [0.29, 0.717) is 41.1 Å². The van der Waals surface area contributed by atoms with E-state index in [2.05, 4.69) is 25.3 Å². The molecule has 12 nitrogen and oxygen atoms in total. The number of carbonyl (C=O) groups is 1. The molecule has 4 heterocycles. The van der Waals surface area contributed by atoms with E-state index in [0.717, 1.165) is 9.87 Å². The third kappa shape index (κ3) is 4.23. The molecule has 36 heavy (non-hydrogen) atoms. The van der Waals surface area contributed by atoms with Crippen molar-refractivity contribution >= 4 is 44.3 Å². The molecule has 5 rings (SSSR count). The summed E-state index contributed by atoms with van der Waals surface area (Å²) >= 11 is 0. The topological polar surface area (TPSA) is 161 Å². The monoisotopic (exact) mass is 517 g/mol. The van der Waals surface area contributed by atoms with Crippen LogP contribution in [0.3, 0.4) is 0 Å². The minimum atomic E-state index is -3.55. The van der Waals surface area contributed by atoms with Crippen LogP contribution in [0.15, 0.2) is 24.5 Å². The summed E-state index contributed by atoms with van der Waals surface area (Å²) in [6.07, 6.45) is 1.54. The molecule has 0 radical (unpaired) electrons. The Morgan fingerprint density at radius 3 is 2.81 bits per heavy atom. The van der Waals surface area contributed by atoms with Gasteiger partial charge in [0.05, 0.1) is 18.8 Å². The lowest BCUT2D eigenvalue weighted by molar-refractivity contribution is 0.0341. The molecule has 0 spiro atoms. The number of nitrogen functional groups attached to an aromatic ring is 1. The lowest BCUT2D eigenvalue weighted by atomic mass is 9.97. The number of nitrogens with two attached hydrogens (primary N) is 1. The molecule has 190 valence electrons. The number of rotatable bonds is 5. The number of anilines is 3. The summed E-state index contributed by atoms with van der Waals surface area (Å²) in [5, 5.41) is 6.68. The predicted octanol–water partition coefficient (Wildman–Crippen LogP) is 1.83. The average Bonchev–Trinajstić information content (AvgIpc) is 2.84. The summed E-state index contributed by atoms with van der Waals surface area (Å²) in [6.45, 7) is 3.05. The maximum atomic E-state index is 15.3. The number of fused-ring (bicyclic) bond motifs is 2. The van der Waals surface area contributed by atoms with Gasteiger partial charge in [-0.2, -0.15) is 12.7 Å². The molecule has 0 aliphatic carbocycles. The van der Waals surface area contributed by atoms with E-state index in [-0.39, 0.29) is 30.2 Å². The zero-order valence-electron chi connectivity index (χ0n) is 19.5. The summed E-state index contributed by atoms with van der Waals surface area (Å²) < 4.78 is 52.8. The van der Waals surface area contributed by atoms with E-state index in [4.69, 9.17) is 15.2 Å². The van der Waals surface area contributed by atoms with Crippen LogP contribution in [0.5, 0.6) is 5.88 Å². The fourth-order valence-electron chi connectivity index (χ4n) is 4.14. The van der Waals surface area contributed by atoms with Gasteiger partial charge in [-0.1, -0.05) is 0 Å². The molecule has 1 aromatic carbocycles. The molecule has 0 saturated carbocycles. The lowest BCUT2D eigenvalue weighted by Crippen LogP contribution is -2.57. The van der Waals surface area contributed by atoms with Crippen molar-refractivity contribution in [3.05, 3.63) is 35.9 Å². The fraction of sp³-hybridized carbons (Fsp3) is 0.318. The van der Waals surface area contributed by atoms with Gasteiger partial charge in [-0.05, 0) is 30.0 Å². The second-order valence-electron chi connectivity index (χ2n) is 8.37. The number of nitrogens with one attached hydrogen (secondary N) is 3. The number of aromatic nitrogens is 2. The van der Waals surface area contributed by atoms with Crippen molar-refractivity contribution in [3.63, 3.8) is 0 Å². The van der Waals surface area contributed by atoms with Crippen LogP contribution in [0.25, 0.3) is 21.9 Å². The van der Waals surface area contributed by atoms with Crippen molar-refractivity contribution in [1.29, 1.82) is 0 Å². The van der Waals surface area contributed by atoms with Crippen LogP contribution in [0.1, 0.15) is 5.56 Å². The first-order valence-electron chi connectivity index (χ1n) is 11.1. The van der Waals surface area contributed by atoms with Crippen molar-refractivity contribution in [2.24, 2.45) is 0 Å². The van der Waals surface area contributed by atoms with Gasteiger partial charge in [-0.3, -0.25) is 5.32 Å². The van der Waals surface area contributed by atoms with E-state index in [1.165, 1.54) is 13.2 Å². The standard InChI is InChI=1S/C22H24FN7O5S/c1-11-15(7-28-21-20(11)26-3-4-34-21)14-5-12-6-17(27-8-16(12)19(24)18(14)23)29-22(31)35-13-9-30(10-13)36(32,33)25-2/h5-8,13,25-26H,3-4,9-10,24H2,1-2H3,(H,27,29,31). The van der Waals surface area contributed by atoms with Crippen LogP contribution >= 0.6 is 0 Å². The summed E-state index contributed by atoms with van der Waals surface area (Å²) in [6, 6.07) is 3.17. The second kappa shape index (κ2) is 9.04. The minimum Gasteiger partial charge on any atom is -0.474 e. The molecule has 2 aliphatic rings. The Morgan fingerprint density at radius 1 is 1.28 bits per heavy atom. The van der Waals surface area contributed by atoms with Crippen molar-refractivity contribution in [3.8, 4) is 17.0 Å². The third-order valence-electron chi connectivity index (χ3n) is 6.15. The van der Waals surface area contributed by atoms with E-state index >= 15 is 4.39 Å². The molecule has 2 aromatic heterocycles. The molecule has 0 unspecified atom stereocenters. The lowest BCUT2D eigenvalue weighted by Gasteiger charge is -2.36. The summed E-state index contributed by atoms with van der Waals surface area (Å²) in [5.41, 5.74) is 8.29. The Balaban J connectivity index is 1.38. The normalized spacial score (nSPS) is 16.0. The number of halogens is 1. The quantitative estimate of drug-likeness (QED) is 0.370. The second-order valence-corrected chi connectivity index (χ2v) is 10.2. The Morgan fingerprint density at radius 2 is 2.06 bits per heavy atom. The molecule has 1 fully saturated rings. The van der Waals surface area contributed by atoms with E-state index in [1.54, 1.807) is 18.3 Å². The van der Waals surface area contributed by atoms with Gasteiger partial charge in [0.2, 0.25) is 5.88 Å². The Bertz CT molecular complexity index is 1480. The largest absolute Gasteiger partial charge is 0.474 e. The number of ether oxygens (including phenoxy) is 2. The minimum absolute atomic E-state index is 0.0506. The molecular formula is C22H24FN7O5S. The van der Waals surface area contributed by atoms with Gasteiger partial charge in [0.15, 0.2) is 5.82 Å². The average molecular weight is 518 g/mol. The molecule has 14 heteroatoms. The van der Waals surface area contributed by atoms with Crippen molar-refractivity contribution in [2.45, 2.75) is 13.0 Å². The highest BCUT2D eigenvalue weighted by atomic mass is 32.2. The smallest absolute Gasteiger partial charge is 0.413 e. The summed E-state index contributed by atoms with van der Waals surface area (Å²) in [7, 11) is -2.25. The zero-order valence-corrected chi connectivity index (χ0v) is 20.3. The molecule has 5 N–H and O–H groups in total. The zero-order chi connectivity index (χ0) is 25.6. The molecule has 1 amide bonds. The van der Waals surface area contributed by atoms with Gasteiger partial charge in [0, 0.05) is 42.5 Å². The van der Waals surface area contributed by atoms with Gasteiger partial charge in [0.25, 0.3) is 10.2 Å². The molecule has 0 atom stereocenters. The van der Waals surface area contributed by atoms with Gasteiger partial charge < -0.3 is 20.5 Å². The maximum absolute atomic E-state index is 15.3.